The van der Waals surface area contributed by atoms with Crippen LogP contribution in [-0.4, -0.2) is 18.0 Å². The smallest absolute Gasteiger partial charge is 0.151 e. The van der Waals surface area contributed by atoms with Gasteiger partial charge in [-0.1, -0.05) is 48.9 Å². The van der Waals surface area contributed by atoms with Gasteiger partial charge in [0.05, 0.1) is 0 Å². The van der Waals surface area contributed by atoms with Crippen LogP contribution in [0.2, 0.25) is 5.02 Å². The number of fused-ring (bicyclic) bond motifs is 3. The molecule has 2 heterocycles. The van der Waals surface area contributed by atoms with Gasteiger partial charge in [-0.15, -0.1) is 0 Å². The lowest BCUT2D eigenvalue weighted by Gasteiger charge is -2.41. The molecule has 2 aliphatic heterocycles. The van der Waals surface area contributed by atoms with E-state index in [2.05, 4.69) is 42.2 Å². The molecule has 0 aliphatic carbocycles. The Balaban J connectivity index is 1.78. The number of halogens is 1. The summed E-state index contributed by atoms with van der Waals surface area (Å²) in [6, 6.07) is 14.7. The van der Waals surface area contributed by atoms with Gasteiger partial charge in [0.2, 0.25) is 0 Å². The summed E-state index contributed by atoms with van der Waals surface area (Å²) in [5.41, 5.74) is 3.74. The van der Waals surface area contributed by atoms with Crippen LogP contribution in [0.3, 0.4) is 0 Å². The van der Waals surface area contributed by atoms with Crippen molar-refractivity contribution < 1.29 is 4.74 Å². The highest BCUT2D eigenvalue weighted by atomic mass is 35.5. The zero-order chi connectivity index (χ0) is 15.2. The van der Waals surface area contributed by atoms with E-state index < -0.39 is 0 Å². The minimum atomic E-state index is -0.253. The molecule has 2 aromatic carbocycles. The minimum absolute atomic E-state index is 0.253. The molecule has 0 amide bonds. The molecule has 0 aromatic heterocycles. The van der Waals surface area contributed by atoms with Crippen LogP contribution in [0.5, 0.6) is 5.75 Å². The monoisotopic (exact) mass is 313 g/mol. The Labute approximate surface area is 136 Å². The van der Waals surface area contributed by atoms with Crippen LogP contribution >= 0.6 is 11.6 Å². The molecule has 0 bridgehead atoms. The summed E-state index contributed by atoms with van der Waals surface area (Å²) >= 11 is 6.14. The highest BCUT2D eigenvalue weighted by Crippen LogP contribution is 2.46. The van der Waals surface area contributed by atoms with Gasteiger partial charge in [-0.05, 0) is 36.2 Å². The van der Waals surface area contributed by atoms with Crippen molar-refractivity contribution in [2.75, 3.05) is 13.1 Å². The van der Waals surface area contributed by atoms with Crippen LogP contribution in [0.25, 0.3) is 0 Å². The molecule has 0 saturated heterocycles. The summed E-state index contributed by atoms with van der Waals surface area (Å²) in [6.45, 7) is 5.31. The molecule has 3 heteroatoms. The number of hydrogen-bond donors (Lipinski definition) is 0. The number of nitrogens with zero attached hydrogens (tertiary/aromatic N) is 1. The van der Waals surface area contributed by atoms with Crippen molar-refractivity contribution in [2.24, 2.45) is 0 Å². The van der Waals surface area contributed by atoms with Crippen LogP contribution in [0.4, 0.5) is 0 Å². The summed E-state index contributed by atoms with van der Waals surface area (Å²) in [4.78, 5) is 2.51. The predicted octanol–water partition coefficient (Wildman–Crippen LogP) is 4.40. The molecule has 4 rings (SSSR count). The van der Waals surface area contributed by atoms with Crippen LogP contribution < -0.4 is 4.74 Å². The first kappa shape index (κ1) is 14.1. The standard InChI is InChI=1S/C19H20ClNO/c1-2-9-21-12-15-5-3-4-6-17(15)19(13-21)11-14-7-8-16(20)10-18(14)22-19/h3-8,10H,2,9,11-13H2,1H3. The molecule has 1 atom stereocenters. The molecule has 2 nitrogen and oxygen atoms in total. The van der Waals surface area contributed by atoms with E-state index in [1.807, 2.05) is 12.1 Å². The second kappa shape index (κ2) is 5.29. The second-order valence-corrected chi connectivity index (χ2v) is 6.83. The maximum atomic E-state index is 6.49. The SMILES string of the molecule is CCCN1Cc2ccccc2C2(Cc3ccc(Cl)cc3O2)C1. The molecular formula is C19H20ClNO. The van der Waals surface area contributed by atoms with Crippen LogP contribution in [0.15, 0.2) is 42.5 Å². The largest absolute Gasteiger partial charge is 0.481 e. The maximum absolute atomic E-state index is 6.49. The fourth-order valence-electron chi connectivity index (χ4n) is 3.88. The summed E-state index contributed by atoms with van der Waals surface area (Å²) in [7, 11) is 0. The molecule has 0 radical (unpaired) electrons. The van der Waals surface area contributed by atoms with Gasteiger partial charge in [0.15, 0.2) is 5.60 Å². The molecule has 0 saturated carbocycles. The van der Waals surface area contributed by atoms with E-state index in [1.165, 1.54) is 16.7 Å². The Bertz CT molecular complexity index is 714. The molecule has 22 heavy (non-hydrogen) atoms. The number of rotatable bonds is 2. The molecule has 114 valence electrons. The third kappa shape index (κ3) is 2.22. The number of ether oxygens (including phenoxy) is 1. The molecule has 1 unspecified atom stereocenters. The molecular weight excluding hydrogens is 294 g/mol. The number of benzene rings is 2. The van der Waals surface area contributed by atoms with Gasteiger partial charge < -0.3 is 4.74 Å². The van der Waals surface area contributed by atoms with Crippen molar-refractivity contribution in [3.63, 3.8) is 0 Å². The topological polar surface area (TPSA) is 12.5 Å². The predicted molar refractivity (Wildman–Crippen MR) is 89.5 cm³/mol. The van der Waals surface area contributed by atoms with Gasteiger partial charge in [0, 0.05) is 30.1 Å². The summed E-state index contributed by atoms with van der Waals surface area (Å²) in [5.74, 6) is 0.945. The first-order valence-electron chi connectivity index (χ1n) is 7.98. The van der Waals surface area contributed by atoms with Crippen LogP contribution in [-0.2, 0) is 18.6 Å². The zero-order valence-corrected chi connectivity index (χ0v) is 13.6. The quantitative estimate of drug-likeness (QED) is 0.815. The summed E-state index contributed by atoms with van der Waals surface area (Å²) < 4.78 is 6.49. The Morgan fingerprint density at radius 3 is 2.91 bits per heavy atom. The van der Waals surface area contributed by atoms with Gasteiger partial charge >= 0.3 is 0 Å². The van der Waals surface area contributed by atoms with E-state index in [9.17, 15) is 0 Å². The van der Waals surface area contributed by atoms with E-state index in [4.69, 9.17) is 16.3 Å². The van der Waals surface area contributed by atoms with Crippen molar-refractivity contribution in [1.29, 1.82) is 0 Å². The summed E-state index contributed by atoms with van der Waals surface area (Å²) in [5, 5.41) is 0.741. The fourth-order valence-corrected chi connectivity index (χ4v) is 4.04. The molecule has 0 N–H and O–H groups in total. The lowest BCUT2D eigenvalue weighted by molar-refractivity contribution is 0.0257. The molecule has 2 aromatic rings. The van der Waals surface area contributed by atoms with Crippen LogP contribution in [0.1, 0.15) is 30.0 Å². The van der Waals surface area contributed by atoms with Gasteiger partial charge in [-0.25, -0.2) is 0 Å². The summed E-state index contributed by atoms with van der Waals surface area (Å²) in [6.07, 6.45) is 2.09. The average molecular weight is 314 g/mol. The fraction of sp³-hybridized carbons (Fsp3) is 0.368. The third-order valence-electron chi connectivity index (χ3n) is 4.73. The minimum Gasteiger partial charge on any atom is -0.481 e. The van der Waals surface area contributed by atoms with Gasteiger partial charge in [0.25, 0.3) is 0 Å². The van der Waals surface area contributed by atoms with E-state index in [0.717, 1.165) is 43.2 Å². The lowest BCUT2D eigenvalue weighted by Crippen LogP contribution is -2.48. The Kier molecular flexibility index (Phi) is 3.39. The van der Waals surface area contributed by atoms with Gasteiger partial charge in [-0.3, -0.25) is 4.90 Å². The lowest BCUT2D eigenvalue weighted by atomic mass is 9.82. The molecule has 1 spiro atoms. The maximum Gasteiger partial charge on any atom is 0.151 e. The molecule has 2 aliphatic rings. The van der Waals surface area contributed by atoms with E-state index in [1.54, 1.807) is 0 Å². The Hall–Kier alpha value is -1.51. The van der Waals surface area contributed by atoms with Crippen molar-refractivity contribution in [3.05, 3.63) is 64.2 Å². The average Bonchev–Trinajstić information content (AvgIpc) is 2.85. The van der Waals surface area contributed by atoms with Crippen molar-refractivity contribution in [2.45, 2.75) is 31.9 Å². The first-order valence-corrected chi connectivity index (χ1v) is 8.36. The Morgan fingerprint density at radius 2 is 2.05 bits per heavy atom. The second-order valence-electron chi connectivity index (χ2n) is 6.39. The van der Waals surface area contributed by atoms with Gasteiger partial charge in [-0.2, -0.15) is 0 Å². The van der Waals surface area contributed by atoms with Crippen molar-refractivity contribution >= 4 is 11.6 Å². The number of hydrogen-bond acceptors (Lipinski definition) is 2. The molecule has 0 fully saturated rings. The van der Waals surface area contributed by atoms with Gasteiger partial charge in [0.1, 0.15) is 5.75 Å². The van der Waals surface area contributed by atoms with E-state index in [-0.39, 0.29) is 5.60 Å². The van der Waals surface area contributed by atoms with E-state index >= 15 is 0 Å². The zero-order valence-electron chi connectivity index (χ0n) is 12.8. The van der Waals surface area contributed by atoms with Crippen LogP contribution in [0, 0.1) is 0 Å². The van der Waals surface area contributed by atoms with Crippen molar-refractivity contribution in [1.82, 2.24) is 4.90 Å². The van der Waals surface area contributed by atoms with E-state index in [0.29, 0.717) is 0 Å². The Morgan fingerprint density at radius 1 is 1.18 bits per heavy atom. The first-order chi connectivity index (χ1) is 10.7. The highest BCUT2D eigenvalue weighted by molar-refractivity contribution is 6.30. The third-order valence-corrected chi connectivity index (χ3v) is 4.97. The normalized spacial score (nSPS) is 23.2. The highest BCUT2D eigenvalue weighted by Gasteiger charge is 2.46. The van der Waals surface area contributed by atoms with Crippen molar-refractivity contribution in [3.8, 4) is 5.75 Å².